The Labute approximate surface area is 233 Å². The minimum Gasteiger partial charge on any atom is -0.543 e. The number of aliphatic carboxylic acids is 2. The number of benzene rings is 2. The molecule has 0 bridgehead atoms. The molecule has 0 fully saturated rings. The fourth-order valence-electron chi connectivity index (χ4n) is 3.74. The smallest absolute Gasteiger partial charge is 0.410 e. The van der Waals surface area contributed by atoms with Crippen LogP contribution in [0.25, 0.3) is 0 Å². The maximum atomic E-state index is 11.9. The number of rotatable bonds is 0. The van der Waals surface area contributed by atoms with Gasteiger partial charge in [0.25, 0.3) is 0 Å². The highest BCUT2D eigenvalue weighted by Crippen LogP contribution is 2.27. The summed E-state index contributed by atoms with van der Waals surface area (Å²) in [6.45, 7) is 13.6. The van der Waals surface area contributed by atoms with Gasteiger partial charge < -0.3 is 40.7 Å². The Morgan fingerprint density at radius 3 is 1.20 bits per heavy atom. The van der Waals surface area contributed by atoms with Crippen LogP contribution in [0.2, 0.25) is 0 Å². The van der Waals surface area contributed by atoms with E-state index in [2.05, 4.69) is 0 Å². The molecule has 2 aromatic carbocycles. The van der Waals surface area contributed by atoms with Gasteiger partial charge in [-0.05, 0) is 88.1 Å². The van der Waals surface area contributed by atoms with E-state index in [-0.39, 0.29) is 12.2 Å². The molecule has 4 N–H and O–H groups in total. The summed E-state index contributed by atoms with van der Waals surface area (Å²) in [7, 11) is 0. The number of hydrogen-bond acceptors (Lipinski definition) is 10. The molecule has 0 spiro atoms. The summed E-state index contributed by atoms with van der Waals surface area (Å²) >= 11 is 0. The topological polar surface area (TPSA) is 191 Å². The normalized spacial score (nSPS) is 13.6. The first-order valence-electron chi connectivity index (χ1n) is 12.5. The van der Waals surface area contributed by atoms with E-state index in [1.54, 1.807) is 9.80 Å². The van der Waals surface area contributed by atoms with Gasteiger partial charge in [0.15, 0.2) is 0 Å². The standard InChI is InChI=1S/2C13H18N2O2.C2H2O4/c2*1-13(2,3)17-12(16)15-7-9-4-5-11(14)6-10(9)8-15;3-1(4)2(5)6/h2*4-6H,7-8,14H2,1-3H3;(H,3,4)(H,5,6)/p-2. The number of anilines is 2. The molecule has 0 atom stereocenters. The molecule has 2 aromatic rings. The lowest BCUT2D eigenvalue weighted by Crippen LogP contribution is -2.42. The van der Waals surface area contributed by atoms with E-state index in [1.807, 2.05) is 77.9 Å². The summed E-state index contributed by atoms with van der Waals surface area (Å²) in [4.78, 5) is 45.0. The van der Waals surface area contributed by atoms with Gasteiger partial charge in [-0.15, -0.1) is 0 Å². The van der Waals surface area contributed by atoms with Crippen LogP contribution < -0.4 is 21.7 Å². The van der Waals surface area contributed by atoms with Crippen molar-refractivity contribution in [3.8, 4) is 0 Å². The Balaban J connectivity index is 0.000000234. The predicted molar refractivity (Wildman–Crippen MR) is 143 cm³/mol. The lowest BCUT2D eigenvalue weighted by atomic mass is 10.1. The van der Waals surface area contributed by atoms with Crippen molar-refractivity contribution in [1.82, 2.24) is 9.80 Å². The van der Waals surface area contributed by atoms with Gasteiger partial charge in [-0.25, -0.2) is 9.59 Å². The van der Waals surface area contributed by atoms with Gasteiger partial charge in [0.05, 0.1) is 11.9 Å². The molecule has 0 unspecified atom stereocenters. The lowest BCUT2D eigenvalue weighted by molar-refractivity contribution is -0.345. The number of nitrogens with two attached hydrogens (primary N) is 2. The molecule has 0 radical (unpaired) electrons. The average molecular weight is 557 g/mol. The zero-order valence-corrected chi connectivity index (χ0v) is 23.6. The highest BCUT2D eigenvalue weighted by molar-refractivity contribution is 6.25. The van der Waals surface area contributed by atoms with Crippen LogP contribution in [0.15, 0.2) is 36.4 Å². The van der Waals surface area contributed by atoms with E-state index in [1.165, 1.54) is 0 Å². The van der Waals surface area contributed by atoms with Gasteiger partial charge in [0.2, 0.25) is 0 Å². The summed E-state index contributed by atoms with van der Waals surface area (Å²) in [6, 6.07) is 11.5. The quantitative estimate of drug-likeness (QED) is 0.355. The fourth-order valence-corrected chi connectivity index (χ4v) is 3.74. The number of carbonyl (C=O) groups is 4. The number of ether oxygens (including phenoxy) is 2. The van der Waals surface area contributed by atoms with Crippen molar-refractivity contribution >= 4 is 35.5 Å². The van der Waals surface area contributed by atoms with Crippen molar-refractivity contribution < 1.29 is 38.9 Å². The minimum atomic E-state index is -2.19. The van der Waals surface area contributed by atoms with Gasteiger partial charge >= 0.3 is 12.2 Å². The molecule has 0 aliphatic carbocycles. The van der Waals surface area contributed by atoms with E-state index < -0.39 is 23.1 Å². The van der Waals surface area contributed by atoms with Crippen molar-refractivity contribution in [3.05, 3.63) is 58.7 Å². The Morgan fingerprint density at radius 1 is 0.625 bits per heavy atom. The van der Waals surface area contributed by atoms with Gasteiger partial charge in [-0.1, -0.05) is 12.1 Å². The van der Waals surface area contributed by atoms with Crippen LogP contribution in [0.3, 0.4) is 0 Å². The number of amides is 2. The lowest BCUT2D eigenvalue weighted by Gasteiger charge is -2.24. The molecule has 2 aliphatic heterocycles. The Bertz CT molecular complexity index is 1170. The van der Waals surface area contributed by atoms with Crippen molar-refractivity contribution in [2.24, 2.45) is 0 Å². The number of nitrogen functional groups attached to an aromatic ring is 2. The molecular weight excluding hydrogens is 520 g/mol. The first-order chi connectivity index (χ1) is 18.3. The van der Waals surface area contributed by atoms with Gasteiger partial charge in [-0.3, -0.25) is 9.80 Å². The molecule has 12 heteroatoms. The molecule has 0 aromatic heterocycles. The summed E-state index contributed by atoms with van der Waals surface area (Å²) in [5.41, 5.74) is 16.5. The second-order valence-corrected chi connectivity index (χ2v) is 11.3. The monoisotopic (exact) mass is 556 g/mol. The number of fused-ring (bicyclic) bond motifs is 2. The van der Waals surface area contributed by atoms with Crippen molar-refractivity contribution in [1.29, 1.82) is 0 Å². The van der Waals surface area contributed by atoms with Crippen LogP contribution >= 0.6 is 0 Å². The predicted octanol–water partition coefficient (Wildman–Crippen LogP) is 1.53. The second kappa shape index (κ2) is 12.6. The largest absolute Gasteiger partial charge is 0.543 e. The van der Waals surface area contributed by atoms with Crippen LogP contribution in [0.5, 0.6) is 0 Å². The first-order valence-corrected chi connectivity index (χ1v) is 12.5. The molecule has 40 heavy (non-hydrogen) atoms. The van der Waals surface area contributed by atoms with E-state index in [0.29, 0.717) is 26.2 Å². The number of carbonyl (C=O) groups excluding carboxylic acids is 4. The van der Waals surface area contributed by atoms with Crippen molar-refractivity contribution in [2.45, 2.75) is 78.9 Å². The third-order valence-electron chi connectivity index (χ3n) is 5.38. The SMILES string of the molecule is CC(C)(C)OC(=O)N1Cc2ccc(N)cc2C1.CC(C)(C)OC(=O)N1Cc2ccc(N)cc2C1.O=C([O-])C(=O)[O-]. The molecule has 2 amide bonds. The van der Waals surface area contributed by atoms with Gasteiger partial charge in [0.1, 0.15) is 11.2 Å². The van der Waals surface area contributed by atoms with Crippen LogP contribution in [0.4, 0.5) is 21.0 Å². The Morgan fingerprint density at radius 2 is 0.925 bits per heavy atom. The van der Waals surface area contributed by atoms with Crippen molar-refractivity contribution in [2.75, 3.05) is 11.5 Å². The average Bonchev–Trinajstić information content (AvgIpc) is 3.41. The molecule has 0 saturated carbocycles. The molecule has 12 nitrogen and oxygen atoms in total. The molecule has 218 valence electrons. The highest BCUT2D eigenvalue weighted by atomic mass is 16.6. The first kappa shape index (κ1) is 31.7. The number of nitrogens with zero attached hydrogens (tertiary/aromatic N) is 2. The molecular formula is C28H36N4O8-2. The van der Waals surface area contributed by atoms with E-state index in [0.717, 1.165) is 33.6 Å². The zero-order chi connectivity index (χ0) is 30.4. The third kappa shape index (κ3) is 10.0. The van der Waals surface area contributed by atoms with Gasteiger partial charge in [-0.2, -0.15) is 0 Å². The summed E-state index contributed by atoms with van der Waals surface area (Å²) in [5, 5.41) is 17.9. The van der Waals surface area contributed by atoms with Crippen LogP contribution in [-0.4, -0.2) is 45.1 Å². The Kier molecular flexibility index (Phi) is 9.98. The van der Waals surface area contributed by atoms with E-state index in [4.69, 9.17) is 40.7 Å². The van der Waals surface area contributed by atoms with Gasteiger partial charge in [0, 0.05) is 37.6 Å². The van der Waals surface area contributed by atoms with Crippen LogP contribution in [0.1, 0.15) is 63.8 Å². The Hall–Kier alpha value is -4.48. The van der Waals surface area contributed by atoms with E-state index >= 15 is 0 Å². The summed E-state index contributed by atoms with van der Waals surface area (Å²) in [6.07, 6.45) is -0.542. The third-order valence-corrected chi connectivity index (χ3v) is 5.38. The maximum absolute atomic E-state index is 11.9. The van der Waals surface area contributed by atoms with Crippen LogP contribution in [0, 0.1) is 0 Å². The molecule has 0 saturated heterocycles. The number of hydrogen-bond donors (Lipinski definition) is 2. The zero-order valence-electron chi connectivity index (χ0n) is 23.6. The fraction of sp³-hybridized carbons (Fsp3) is 0.429. The summed E-state index contributed by atoms with van der Waals surface area (Å²) < 4.78 is 10.7. The van der Waals surface area contributed by atoms with Crippen molar-refractivity contribution in [3.63, 3.8) is 0 Å². The van der Waals surface area contributed by atoms with E-state index in [9.17, 15) is 9.59 Å². The molecule has 2 heterocycles. The highest BCUT2D eigenvalue weighted by Gasteiger charge is 2.28. The number of carboxylic acid groups (broad SMARTS) is 2. The summed E-state index contributed by atoms with van der Waals surface area (Å²) in [5.74, 6) is -4.37. The van der Waals surface area contributed by atoms with Crippen LogP contribution in [-0.2, 0) is 45.2 Å². The maximum Gasteiger partial charge on any atom is 0.410 e. The second-order valence-electron chi connectivity index (χ2n) is 11.3. The molecule has 2 aliphatic rings. The number of carboxylic acids is 2. The minimum absolute atomic E-state index is 0.271. The molecule has 4 rings (SSSR count).